The number of benzene rings is 1. The van der Waals surface area contributed by atoms with Crippen molar-refractivity contribution in [3.63, 3.8) is 0 Å². The Bertz CT molecular complexity index is 1100. The van der Waals surface area contributed by atoms with Crippen LogP contribution in [0.25, 0.3) is 6.08 Å². The summed E-state index contributed by atoms with van der Waals surface area (Å²) in [4.78, 5) is 12.7. The van der Waals surface area contributed by atoms with Gasteiger partial charge in [0, 0.05) is 24.1 Å². The monoisotopic (exact) mass is 401 g/mol. The van der Waals surface area contributed by atoms with E-state index in [1.165, 1.54) is 0 Å². The Morgan fingerprint density at radius 3 is 2.67 bits per heavy atom. The molecule has 0 bridgehead atoms. The third-order valence-corrected chi connectivity index (χ3v) is 4.90. The molecule has 30 heavy (non-hydrogen) atoms. The molecule has 0 aliphatic carbocycles. The molecule has 3 rings (SSSR count). The highest BCUT2D eigenvalue weighted by atomic mass is 16.1. The standard InChI is InChI=1S/C24H27N5O/c1-17(2)14-29-18(3)10-21(19(29)4)11-22(12-25)24(30)27-23-13-26-28(16-23)15-20-8-6-5-7-9-20/h5-11,13,16-17H,14-15H2,1-4H3,(H,27,30)/b22-11+. The number of rotatable bonds is 7. The number of amides is 1. The number of carbonyl (C=O) groups excluding carboxylic acids is 1. The van der Waals surface area contributed by atoms with E-state index in [9.17, 15) is 10.1 Å². The van der Waals surface area contributed by atoms with Crippen LogP contribution in [-0.2, 0) is 17.9 Å². The minimum atomic E-state index is -0.439. The van der Waals surface area contributed by atoms with Gasteiger partial charge < -0.3 is 9.88 Å². The van der Waals surface area contributed by atoms with Gasteiger partial charge in [-0.15, -0.1) is 0 Å². The van der Waals surface area contributed by atoms with Gasteiger partial charge in [-0.05, 0) is 43.0 Å². The highest BCUT2D eigenvalue weighted by Gasteiger charge is 2.14. The molecular weight excluding hydrogens is 374 g/mol. The molecule has 0 spiro atoms. The summed E-state index contributed by atoms with van der Waals surface area (Å²) in [5.41, 5.74) is 4.80. The third kappa shape index (κ3) is 5.06. The lowest BCUT2D eigenvalue weighted by Crippen LogP contribution is -2.13. The Morgan fingerprint density at radius 2 is 2.00 bits per heavy atom. The number of anilines is 1. The maximum absolute atomic E-state index is 12.7. The van der Waals surface area contributed by atoms with Crippen LogP contribution < -0.4 is 5.32 Å². The summed E-state index contributed by atoms with van der Waals surface area (Å²) in [5.74, 6) is 0.0724. The van der Waals surface area contributed by atoms with E-state index < -0.39 is 5.91 Å². The first-order valence-corrected chi connectivity index (χ1v) is 10.0. The Morgan fingerprint density at radius 1 is 1.27 bits per heavy atom. The quantitative estimate of drug-likeness (QED) is 0.466. The van der Waals surface area contributed by atoms with Crippen LogP contribution in [0, 0.1) is 31.1 Å². The summed E-state index contributed by atoms with van der Waals surface area (Å²) in [5, 5.41) is 16.6. The zero-order chi connectivity index (χ0) is 21.7. The molecule has 2 heterocycles. The van der Waals surface area contributed by atoms with Crippen LogP contribution >= 0.6 is 0 Å². The van der Waals surface area contributed by atoms with E-state index >= 15 is 0 Å². The number of hydrogen-bond donors (Lipinski definition) is 1. The number of nitrogens with one attached hydrogen (secondary N) is 1. The summed E-state index contributed by atoms with van der Waals surface area (Å²) in [6.45, 7) is 9.91. The molecule has 1 aromatic carbocycles. The van der Waals surface area contributed by atoms with Gasteiger partial charge in [0.25, 0.3) is 5.91 Å². The van der Waals surface area contributed by atoms with Crippen molar-refractivity contribution >= 4 is 17.7 Å². The van der Waals surface area contributed by atoms with Crippen molar-refractivity contribution < 1.29 is 4.79 Å². The van der Waals surface area contributed by atoms with E-state index in [-0.39, 0.29) is 5.57 Å². The molecule has 1 amide bonds. The van der Waals surface area contributed by atoms with E-state index in [1.54, 1.807) is 23.2 Å². The normalized spacial score (nSPS) is 11.5. The van der Waals surface area contributed by atoms with Crippen molar-refractivity contribution in [2.75, 3.05) is 5.32 Å². The fourth-order valence-corrected chi connectivity index (χ4v) is 3.41. The molecule has 1 N–H and O–H groups in total. The molecule has 0 aliphatic rings. The number of carbonyl (C=O) groups is 1. The zero-order valence-corrected chi connectivity index (χ0v) is 17.9. The molecule has 0 aliphatic heterocycles. The summed E-state index contributed by atoms with van der Waals surface area (Å²) in [6.07, 6.45) is 5.00. The molecule has 0 saturated heterocycles. The van der Waals surface area contributed by atoms with Gasteiger partial charge in [-0.3, -0.25) is 9.48 Å². The number of aromatic nitrogens is 3. The highest BCUT2D eigenvalue weighted by Crippen LogP contribution is 2.20. The lowest BCUT2D eigenvalue weighted by Gasteiger charge is -2.12. The fraction of sp³-hybridized carbons (Fsp3) is 0.292. The van der Waals surface area contributed by atoms with Crippen LogP contribution in [0.1, 0.15) is 36.4 Å². The molecule has 0 fully saturated rings. The van der Waals surface area contributed by atoms with Crippen LogP contribution in [0.5, 0.6) is 0 Å². The van der Waals surface area contributed by atoms with Crippen LogP contribution in [0.3, 0.4) is 0 Å². The Labute approximate surface area is 177 Å². The van der Waals surface area contributed by atoms with Crippen LogP contribution in [0.2, 0.25) is 0 Å². The predicted octanol–water partition coefficient (Wildman–Crippen LogP) is 4.55. The second-order valence-corrected chi connectivity index (χ2v) is 7.87. The minimum Gasteiger partial charge on any atom is -0.348 e. The van der Waals surface area contributed by atoms with E-state index in [2.05, 4.69) is 28.8 Å². The number of nitriles is 1. The number of hydrogen-bond acceptors (Lipinski definition) is 3. The molecule has 154 valence electrons. The molecule has 0 radical (unpaired) electrons. The first-order valence-electron chi connectivity index (χ1n) is 10.0. The fourth-order valence-electron chi connectivity index (χ4n) is 3.41. The Kier molecular flexibility index (Phi) is 6.53. The topological polar surface area (TPSA) is 75.6 Å². The zero-order valence-electron chi connectivity index (χ0n) is 17.9. The number of nitrogens with zero attached hydrogens (tertiary/aromatic N) is 4. The Balaban J connectivity index is 1.74. The van der Waals surface area contributed by atoms with Gasteiger partial charge in [0.2, 0.25) is 0 Å². The van der Waals surface area contributed by atoms with Crippen molar-refractivity contribution in [1.82, 2.24) is 14.3 Å². The average molecular weight is 402 g/mol. The van der Waals surface area contributed by atoms with Gasteiger partial charge in [0.05, 0.1) is 18.4 Å². The van der Waals surface area contributed by atoms with E-state index in [4.69, 9.17) is 0 Å². The molecule has 0 atom stereocenters. The SMILES string of the molecule is Cc1cc(/C=C(\C#N)C(=O)Nc2cnn(Cc3ccccc3)c2)c(C)n1CC(C)C. The molecule has 6 nitrogen and oxygen atoms in total. The summed E-state index contributed by atoms with van der Waals surface area (Å²) < 4.78 is 3.97. The van der Waals surface area contributed by atoms with Gasteiger partial charge >= 0.3 is 0 Å². The van der Waals surface area contributed by atoms with Crippen LogP contribution in [0.4, 0.5) is 5.69 Å². The second-order valence-electron chi connectivity index (χ2n) is 7.87. The molecular formula is C24H27N5O. The maximum Gasteiger partial charge on any atom is 0.266 e. The second kappa shape index (κ2) is 9.27. The first kappa shape index (κ1) is 21.1. The summed E-state index contributed by atoms with van der Waals surface area (Å²) in [6, 6.07) is 14.0. The predicted molar refractivity (Wildman–Crippen MR) is 119 cm³/mol. The molecule has 0 unspecified atom stereocenters. The maximum atomic E-state index is 12.7. The minimum absolute atomic E-state index is 0.0654. The van der Waals surface area contributed by atoms with Crippen molar-refractivity contribution in [3.8, 4) is 6.07 Å². The van der Waals surface area contributed by atoms with Crippen molar-refractivity contribution in [1.29, 1.82) is 5.26 Å². The lowest BCUT2D eigenvalue weighted by atomic mass is 10.1. The average Bonchev–Trinajstić information content (AvgIpc) is 3.25. The number of aryl methyl sites for hydroxylation is 1. The van der Waals surface area contributed by atoms with E-state index in [0.29, 0.717) is 18.2 Å². The van der Waals surface area contributed by atoms with Gasteiger partial charge in [0.1, 0.15) is 11.6 Å². The van der Waals surface area contributed by atoms with Crippen molar-refractivity contribution in [3.05, 3.63) is 76.9 Å². The Hall–Kier alpha value is -3.59. The van der Waals surface area contributed by atoms with E-state index in [0.717, 1.165) is 29.1 Å². The van der Waals surface area contributed by atoms with Gasteiger partial charge in [-0.1, -0.05) is 44.2 Å². The largest absolute Gasteiger partial charge is 0.348 e. The van der Waals surface area contributed by atoms with Crippen molar-refractivity contribution in [2.24, 2.45) is 5.92 Å². The first-order chi connectivity index (χ1) is 14.4. The molecule has 0 saturated carbocycles. The van der Waals surface area contributed by atoms with Crippen LogP contribution in [0.15, 0.2) is 54.4 Å². The molecule has 2 aromatic heterocycles. The van der Waals surface area contributed by atoms with Gasteiger partial charge in [-0.25, -0.2) is 0 Å². The van der Waals surface area contributed by atoms with Crippen molar-refractivity contribution in [2.45, 2.75) is 40.8 Å². The molecule has 6 heteroatoms. The smallest absolute Gasteiger partial charge is 0.266 e. The third-order valence-electron chi connectivity index (χ3n) is 4.90. The highest BCUT2D eigenvalue weighted by molar-refractivity contribution is 6.09. The van der Waals surface area contributed by atoms with Gasteiger partial charge in [0.15, 0.2) is 0 Å². The van der Waals surface area contributed by atoms with Gasteiger partial charge in [-0.2, -0.15) is 10.4 Å². The van der Waals surface area contributed by atoms with E-state index in [1.807, 2.05) is 56.3 Å². The lowest BCUT2D eigenvalue weighted by molar-refractivity contribution is -0.112. The summed E-state index contributed by atoms with van der Waals surface area (Å²) >= 11 is 0. The molecule has 3 aromatic rings. The summed E-state index contributed by atoms with van der Waals surface area (Å²) in [7, 11) is 0. The van der Waals surface area contributed by atoms with Crippen LogP contribution in [-0.4, -0.2) is 20.3 Å².